The van der Waals surface area contributed by atoms with Gasteiger partial charge >= 0.3 is 0 Å². The fraction of sp³-hybridized carbons (Fsp3) is 0.750. The van der Waals surface area contributed by atoms with Gasteiger partial charge in [0.05, 0.1) is 23.9 Å². The summed E-state index contributed by atoms with van der Waals surface area (Å²) in [6, 6.07) is 10.3. The Bertz CT molecular complexity index is 646. The Morgan fingerprint density at radius 3 is 2.33 bits per heavy atom. The van der Waals surface area contributed by atoms with Crippen LogP contribution < -0.4 is 0 Å². The van der Waals surface area contributed by atoms with Gasteiger partial charge in [-0.25, -0.2) is 0 Å². The molecule has 1 aliphatic rings. The SMILES string of the molecule is CC(C)CC1(CC(O)CO)CC(C(C)(C)O[SiH2]C(C)(C)C)ON1Cc1ccccc1. The van der Waals surface area contributed by atoms with Gasteiger partial charge in [0.25, 0.3) is 0 Å². The molecule has 6 heteroatoms. The number of benzene rings is 1. The summed E-state index contributed by atoms with van der Waals surface area (Å²) in [5, 5.41) is 22.3. The quantitative estimate of drug-likeness (QED) is 0.545. The van der Waals surface area contributed by atoms with Crippen LogP contribution in [0, 0.1) is 5.92 Å². The Balaban J connectivity index is 2.33. The lowest BCUT2D eigenvalue weighted by Crippen LogP contribution is -2.47. The average molecular weight is 438 g/mol. The Hall–Kier alpha value is -0.763. The molecule has 1 aliphatic heterocycles. The fourth-order valence-corrected chi connectivity index (χ4v) is 5.28. The molecule has 0 aromatic heterocycles. The largest absolute Gasteiger partial charge is 0.416 e. The maximum Gasteiger partial charge on any atom is 0.167 e. The summed E-state index contributed by atoms with van der Waals surface area (Å²) in [5.41, 5.74) is 0.422. The number of rotatable bonds is 10. The minimum absolute atomic E-state index is 0.0966. The van der Waals surface area contributed by atoms with Crippen LogP contribution in [0.3, 0.4) is 0 Å². The lowest BCUT2D eigenvalue weighted by molar-refractivity contribution is -0.228. The third-order valence-corrected chi connectivity index (χ3v) is 7.54. The number of hydroxylamine groups is 2. The van der Waals surface area contributed by atoms with E-state index in [2.05, 4.69) is 65.7 Å². The second kappa shape index (κ2) is 10.2. The third kappa shape index (κ3) is 7.14. The molecule has 3 atom stereocenters. The van der Waals surface area contributed by atoms with Crippen LogP contribution in [0.2, 0.25) is 5.04 Å². The number of aliphatic hydroxyl groups is 2. The van der Waals surface area contributed by atoms with Crippen LogP contribution in [0.1, 0.15) is 73.3 Å². The zero-order valence-corrected chi connectivity index (χ0v) is 21.4. The molecule has 1 saturated heterocycles. The van der Waals surface area contributed by atoms with Crippen molar-refractivity contribution in [1.82, 2.24) is 5.06 Å². The molecule has 1 heterocycles. The van der Waals surface area contributed by atoms with E-state index in [1.807, 2.05) is 18.2 Å². The van der Waals surface area contributed by atoms with Crippen LogP contribution in [0.25, 0.3) is 0 Å². The highest BCUT2D eigenvalue weighted by Crippen LogP contribution is 2.45. The van der Waals surface area contributed by atoms with Crippen molar-refractivity contribution in [2.45, 2.75) is 103 Å². The van der Waals surface area contributed by atoms with Gasteiger partial charge in [-0.2, -0.15) is 5.06 Å². The summed E-state index contributed by atoms with van der Waals surface area (Å²) in [7, 11) is -0.734. The van der Waals surface area contributed by atoms with Crippen LogP contribution in [0.15, 0.2) is 30.3 Å². The molecule has 30 heavy (non-hydrogen) atoms. The Kier molecular flexibility index (Phi) is 8.70. The summed E-state index contributed by atoms with van der Waals surface area (Å²) in [4.78, 5) is 6.60. The van der Waals surface area contributed by atoms with Crippen LogP contribution in [0.4, 0.5) is 0 Å². The molecule has 3 unspecified atom stereocenters. The van der Waals surface area contributed by atoms with E-state index in [1.54, 1.807) is 0 Å². The van der Waals surface area contributed by atoms with E-state index in [0.717, 1.165) is 12.8 Å². The van der Waals surface area contributed by atoms with E-state index in [1.165, 1.54) is 5.56 Å². The molecule has 2 rings (SSSR count). The van der Waals surface area contributed by atoms with Gasteiger partial charge in [0.15, 0.2) is 9.76 Å². The number of nitrogens with zero attached hydrogens (tertiary/aromatic N) is 1. The van der Waals surface area contributed by atoms with E-state index < -0.39 is 21.5 Å². The first-order valence-electron chi connectivity index (χ1n) is 11.3. The molecule has 1 aromatic rings. The van der Waals surface area contributed by atoms with Crippen molar-refractivity contribution in [2.24, 2.45) is 5.92 Å². The molecular weight excluding hydrogens is 394 g/mol. The Morgan fingerprint density at radius 1 is 1.17 bits per heavy atom. The van der Waals surface area contributed by atoms with Gasteiger partial charge in [-0.15, -0.1) is 0 Å². The predicted octanol–water partition coefficient (Wildman–Crippen LogP) is 3.82. The molecule has 2 N–H and O–H groups in total. The first kappa shape index (κ1) is 25.5. The lowest BCUT2D eigenvalue weighted by atomic mass is 9.78. The number of hydrogen-bond acceptors (Lipinski definition) is 5. The summed E-state index contributed by atoms with van der Waals surface area (Å²) < 4.78 is 6.48. The van der Waals surface area contributed by atoms with Gasteiger partial charge in [-0.1, -0.05) is 65.0 Å². The van der Waals surface area contributed by atoms with Crippen molar-refractivity contribution < 1.29 is 19.5 Å². The van der Waals surface area contributed by atoms with E-state index in [0.29, 0.717) is 18.9 Å². The van der Waals surface area contributed by atoms with Crippen LogP contribution in [0.5, 0.6) is 0 Å². The van der Waals surface area contributed by atoms with Gasteiger partial charge in [0, 0.05) is 6.54 Å². The highest BCUT2D eigenvalue weighted by molar-refractivity contribution is 6.31. The third-order valence-electron chi connectivity index (χ3n) is 5.79. The molecule has 0 amide bonds. The zero-order chi connectivity index (χ0) is 22.6. The normalized spacial score (nSPS) is 24.9. The van der Waals surface area contributed by atoms with E-state index >= 15 is 0 Å². The minimum Gasteiger partial charge on any atom is -0.416 e. The summed E-state index contributed by atoms with van der Waals surface area (Å²) >= 11 is 0. The van der Waals surface area contributed by atoms with E-state index in [-0.39, 0.29) is 23.3 Å². The lowest BCUT2D eigenvalue weighted by Gasteiger charge is -2.39. The van der Waals surface area contributed by atoms with Gasteiger partial charge in [-0.05, 0) is 49.6 Å². The topological polar surface area (TPSA) is 62.2 Å². The monoisotopic (exact) mass is 437 g/mol. The molecule has 0 spiro atoms. The summed E-state index contributed by atoms with van der Waals surface area (Å²) in [6.07, 6.45) is 1.29. The molecule has 0 radical (unpaired) electrons. The summed E-state index contributed by atoms with van der Waals surface area (Å²) in [6.45, 7) is 15.8. The van der Waals surface area contributed by atoms with Crippen molar-refractivity contribution >= 4 is 9.76 Å². The molecule has 0 saturated carbocycles. The first-order chi connectivity index (χ1) is 13.9. The molecule has 0 aliphatic carbocycles. The van der Waals surface area contributed by atoms with E-state index in [4.69, 9.17) is 9.26 Å². The summed E-state index contributed by atoms with van der Waals surface area (Å²) in [5.74, 6) is 0.435. The molecule has 1 fully saturated rings. The maximum absolute atomic E-state index is 10.4. The van der Waals surface area contributed by atoms with Gasteiger partial charge in [-0.3, -0.25) is 4.84 Å². The molecule has 1 aromatic carbocycles. The minimum atomic E-state index is -0.766. The molecule has 5 nitrogen and oxygen atoms in total. The van der Waals surface area contributed by atoms with Crippen LogP contribution in [-0.2, 0) is 15.8 Å². The Labute approximate surface area is 185 Å². The van der Waals surface area contributed by atoms with Crippen molar-refractivity contribution in [2.75, 3.05) is 6.61 Å². The Morgan fingerprint density at radius 2 is 1.80 bits per heavy atom. The predicted molar refractivity (Wildman–Crippen MR) is 125 cm³/mol. The standard InChI is InChI=1S/C24H43NO4Si/c1-18(2)13-24(14-20(27)17-26)15-21(23(6,7)29-30-22(3,4)5)28-25(24)16-19-11-9-8-10-12-19/h8-12,18,20-21,26-27H,13-17,30H2,1-7H3. The fourth-order valence-electron chi connectivity index (χ4n) is 4.29. The van der Waals surface area contributed by atoms with Crippen molar-refractivity contribution in [3.63, 3.8) is 0 Å². The number of aliphatic hydroxyl groups excluding tert-OH is 2. The highest BCUT2D eigenvalue weighted by atomic mass is 28.2. The van der Waals surface area contributed by atoms with Crippen LogP contribution in [-0.4, -0.2) is 55.0 Å². The second-order valence-corrected chi connectivity index (χ2v) is 13.8. The smallest absolute Gasteiger partial charge is 0.167 e. The van der Waals surface area contributed by atoms with Crippen LogP contribution >= 0.6 is 0 Å². The van der Waals surface area contributed by atoms with Gasteiger partial charge in [0.2, 0.25) is 0 Å². The molecule has 0 bridgehead atoms. The molecule has 172 valence electrons. The first-order valence-corrected chi connectivity index (χ1v) is 12.6. The van der Waals surface area contributed by atoms with Gasteiger partial charge < -0.3 is 14.6 Å². The van der Waals surface area contributed by atoms with E-state index in [9.17, 15) is 10.2 Å². The van der Waals surface area contributed by atoms with Crippen molar-refractivity contribution in [3.8, 4) is 0 Å². The number of hydrogen-bond donors (Lipinski definition) is 2. The van der Waals surface area contributed by atoms with Gasteiger partial charge in [0.1, 0.15) is 6.10 Å². The zero-order valence-electron chi connectivity index (χ0n) is 20.0. The average Bonchev–Trinajstić information content (AvgIpc) is 2.98. The maximum atomic E-state index is 10.4. The highest BCUT2D eigenvalue weighted by Gasteiger charge is 2.52. The van der Waals surface area contributed by atoms with Crippen molar-refractivity contribution in [3.05, 3.63) is 35.9 Å². The van der Waals surface area contributed by atoms with Crippen molar-refractivity contribution in [1.29, 1.82) is 0 Å². The second-order valence-electron chi connectivity index (χ2n) is 11.1. The molecular formula is C24H43NO4Si.